The van der Waals surface area contributed by atoms with Crippen LogP contribution in [0.1, 0.15) is 11.1 Å². The molecule has 3 aromatic rings. The second kappa shape index (κ2) is 7.05. The number of halogens is 2. The number of aromatic nitrogens is 1. The molecular weight excluding hydrogens is 375 g/mol. The fourth-order valence-electron chi connectivity index (χ4n) is 2.64. The molecular formula is C19H16ClFN2O2S. The highest BCUT2D eigenvalue weighted by Crippen LogP contribution is 2.26. The minimum absolute atomic E-state index is 0.102. The monoisotopic (exact) mass is 390 g/mol. The third kappa shape index (κ3) is 3.71. The zero-order valence-corrected chi connectivity index (χ0v) is 15.7. The van der Waals surface area contributed by atoms with Crippen molar-refractivity contribution in [2.75, 3.05) is 4.72 Å². The first-order valence-corrected chi connectivity index (χ1v) is 9.64. The van der Waals surface area contributed by atoms with E-state index in [-0.39, 0.29) is 16.5 Å². The number of anilines is 1. The van der Waals surface area contributed by atoms with Gasteiger partial charge in [0.15, 0.2) is 0 Å². The van der Waals surface area contributed by atoms with Crippen LogP contribution in [0.4, 0.5) is 10.2 Å². The Hall–Kier alpha value is -2.44. The van der Waals surface area contributed by atoms with Gasteiger partial charge in [0.05, 0.1) is 4.90 Å². The van der Waals surface area contributed by atoms with Gasteiger partial charge in [0.25, 0.3) is 10.0 Å². The summed E-state index contributed by atoms with van der Waals surface area (Å²) in [5.74, 6) is -0.117. The van der Waals surface area contributed by atoms with Crippen molar-refractivity contribution in [2.24, 2.45) is 0 Å². The molecule has 0 aliphatic carbocycles. The molecule has 0 atom stereocenters. The van der Waals surface area contributed by atoms with E-state index >= 15 is 0 Å². The van der Waals surface area contributed by atoms with Gasteiger partial charge >= 0.3 is 0 Å². The van der Waals surface area contributed by atoms with E-state index in [2.05, 4.69) is 9.71 Å². The molecule has 0 amide bonds. The number of pyridine rings is 1. The average molecular weight is 391 g/mol. The maximum atomic E-state index is 13.2. The van der Waals surface area contributed by atoms with Crippen LogP contribution in [0.2, 0.25) is 5.02 Å². The average Bonchev–Trinajstić information content (AvgIpc) is 2.58. The minimum Gasteiger partial charge on any atom is -0.263 e. The Bertz CT molecular complexity index is 1070. The van der Waals surface area contributed by atoms with Crippen LogP contribution >= 0.6 is 11.6 Å². The second-order valence-corrected chi connectivity index (χ2v) is 7.92. The molecule has 0 bridgehead atoms. The van der Waals surface area contributed by atoms with Gasteiger partial charge in [-0.25, -0.2) is 17.8 Å². The van der Waals surface area contributed by atoms with Crippen molar-refractivity contribution in [3.63, 3.8) is 0 Å². The Morgan fingerprint density at radius 2 is 1.85 bits per heavy atom. The molecule has 4 nitrogen and oxygen atoms in total. The zero-order valence-electron chi connectivity index (χ0n) is 14.1. The summed E-state index contributed by atoms with van der Waals surface area (Å²) in [5.41, 5.74) is 2.85. The van der Waals surface area contributed by atoms with E-state index < -0.39 is 10.0 Å². The van der Waals surface area contributed by atoms with E-state index in [9.17, 15) is 12.8 Å². The predicted octanol–water partition coefficient (Wildman–Crippen LogP) is 4.96. The summed E-state index contributed by atoms with van der Waals surface area (Å²) in [4.78, 5) is 4.27. The molecule has 0 aliphatic heterocycles. The first-order chi connectivity index (χ1) is 12.3. The predicted molar refractivity (Wildman–Crippen MR) is 101 cm³/mol. The zero-order chi connectivity index (χ0) is 18.9. The summed E-state index contributed by atoms with van der Waals surface area (Å²) >= 11 is 6.00. The lowest BCUT2D eigenvalue weighted by Gasteiger charge is -2.11. The summed E-state index contributed by atoms with van der Waals surface area (Å²) in [6.45, 7) is 3.45. The Balaban J connectivity index is 1.88. The van der Waals surface area contributed by atoms with Gasteiger partial charge in [0.1, 0.15) is 11.6 Å². The first kappa shape index (κ1) is 18.4. The summed E-state index contributed by atoms with van der Waals surface area (Å²) < 4.78 is 40.8. The van der Waals surface area contributed by atoms with Crippen molar-refractivity contribution in [2.45, 2.75) is 18.7 Å². The molecule has 0 fully saturated rings. The molecule has 1 N–H and O–H groups in total. The normalized spacial score (nSPS) is 11.4. The number of nitrogens with one attached hydrogen (secondary N) is 1. The summed E-state index contributed by atoms with van der Waals surface area (Å²) in [6, 6.07) is 12.5. The van der Waals surface area contributed by atoms with Crippen molar-refractivity contribution in [1.29, 1.82) is 0 Å². The molecule has 0 unspecified atom stereocenters. The molecule has 3 rings (SSSR count). The van der Waals surface area contributed by atoms with Crippen molar-refractivity contribution in [1.82, 2.24) is 4.98 Å². The van der Waals surface area contributed by atoms with Crippen LogP contribution in [0, 0.1) is 19.7 Å². The van der Waals surface area contributed by atoms with Gasteiger partial charge in [-0.3, -0.25) is 4.72 Å². The minimum atomic E-state index is -3.80. The molecule has 0 radical (unpaired) electrons. The third-order valence-electron chi connectivity index (χ3n) is 4.01. The highest BCUT2D eigenvalue weighted by atomic mass is 35.5. The molecule has 7 heteroatoms. The number of hydrogen-bond donors (Lipinski definition) is 1. The lowest BCUT2D eigenvalue weighted by molar-refractivity contribution is 0.600. The van der Waals surface area contributed by atoms with Gasteiger partial charge in [-0.15, -0.1) is 0 Å². The van der Waals surface area contributed by atoms with Gasteiger partial charge < -0.3 is 0 Å². The van der Waals surface area contributed by atoms with Crippen LogP contribution in [0.5, 0.6) is 0 Å². The van der Waals surface area contributed by atoms with Crippen LogP contribution in [-0.4, -0.2) is 13.4 Å². The van der Waals surface area contributed by atoms with Crippen molar-refractivity contribution in [3.8, 4) is 11.1 Å². The molecule has 0 spiro atoms. The molecule has 2 aromatic carbocycles. The van der Waals surface area contributed by atoms with Crippen LogP contribution in [0.15, 0.2) is 59.6 Å². The van der Waals surface area contributed by atoms with E-state index in [1.165, 1.54) is 18.2 Å². The first-order valence-electron chi connectivity index (χ1n) is 7.78. The fourth-order valence-corrected chi connectivity index (χ4v) is 4.14. The fraction of sp³-hybridized carbons (Fsp3) is 0.105. The second-order valence-electron chi connectivity index (χ2n) is 5.86. The van der Waals surface area contributed by atoms with E-state index in [1.54, 1.807) is 50.4 Å². The molecule has 1 heterocycles. The number of hydrogen-bond acceptors (Lipinski definition) is 3. The van der Waals surface area contributed by atoms with Crippen LogP contribution in [0.3, 0.4) is 0 Å². The van der Waals surface area contributed by atoms with Crippen molar-refractivity contribution >= 4 is 27.4 Å². The maximum Gasteiger partial charge on any atom is 0.263 e. The Morgan fingerprint density at radius 3 is 2.50 bits per heavy atom. The Labute approximate surface area is 156 Å². The lowest BCUT2D eigenvalue weighted by atomic mass is 10.0. The molecule has 26 heavy (non-hydrogen) atoms. The smallest absolute Gasteiger partial charge is 0.263 e. The molecule has 0 saturated heterocycles. The highest BCUT2D eigenvalue weighted by Gasteiger charge is 2.18. The summed E-state index contributed by atoms with van der Waals surface area (Å²) in [7, 11) is -3.80. The van der Waals surface area contributed by atoms with Gasteiger partial charge in [0.2, 0.25) is 0 Å². The molecule has 0 aliphatic rings. The maximum absolute atomic E-state index is 13.2. The van der Waals surface area contributed by atoms with E-state index in [4.69, 9.17) is 11.6 Å². The number of sulfonamides is 1. The topological polar surface area (TPSA) is 59.1 Å². The quantitative estimate of drug-likeness (QED) is 0.685. The van der Waals surface area contributed by atoms with Gasteiger partial charge in [-0.1, -0.05) is 23.7 Å². The summed E-state index contributed by atoms with van der Waals surface area (Å²) in [5, 5.41) is 0.378. The summed E-state index contributed by atoms with van der Waals surface area (Å²) in [6.07, 6.45) is 1.54. The Morgan fingerprint density at radius 1 is 1.08 bits per heavy atom. The van der Waals surface area contributed by atoms with E-state index in [0.717, 1.165) is 16.7 Å². The van der Waals surface area contributed by atoms with Gasteiger partial charge in [-0.2, -0.15) is 0 Å². The van der Waals surface area contributed by atoms with Crippen LogP contribution in [-0.2, 0) is 10.0 Å². The molecule has 134 valence electrons. The number of benzene rings is 2. The van der Waals surface area contributed by atoms with E-state index in [0.29, 0.717) is 10.6 Å². The highest BCUT2D eigenvalue weighted by molar-refractivity contribution is 7.92. The lowest BCUT2D eigenvalue weighted by Crippen LogP contribution is -2.15. The van der Waals surface area contributed by atoms with Crippen LogP contribution in [0.25, 0.3) is 11.1 Å². The number of rotatable bonds is 4. The molecule has 1 aromatic heterocycles. The Kier molecular flexibility index (Phi) is 4.98. The SMILES string of the molecule is Cc1cc(F)ccc1-c1ccc(NS(=O)(=O)c2cccc(Cl)c2C)nc1. The van der Waals surface area contributed by atoms with Gasteiger partial charge in [-0.05, 0) is 66.9 Å². The molecule has 0 saturated carbocycles. The van der Waals surface area contributed by atoms with E-state index in [1.807, 2.05) is 0 Å². The van der Waals surface area contributed by atoms with Crippen LogP contribution < -0.4 is 4.72 Å². The van der Waals surface area contributed by atoms with Gasteiger partial charge in [0, 0.05) is 16.8 Å². The number of nitrogens with zero attached hydrogens (tertiary/aromatic N) is 1. The standard InChI is InChI=1S/C19H16ClFN2O2S/c1-12-10-15(21)7-8-16(12)14-6-9-19(22-11-14)23-26(24,25)18-5-3-4-17(20)13(18)2/h3-11H,1-2H3,(H,22,23). The largest absolute Gasteiger partial charge is 0.263 e. The third-order valence-corrected chi connectivity index (χ3v) is 5.92. The van der Waals surface area contributed by atoms with Crippen molar-refractivity contribution < 1.29 is 12.8 Å². The van der Waals surface area contributed by atoms with Crippen molar-refractivity contribution in [3.05, 3.63) is 76.7 Å². The number of aryl methyl sites for hydroxylation is 1.